The van der Waals surface area contributed by atoms with Gasteiger partial charge in [0.25, 0.3) is 5.91 Å². The van der Waals surface area contributed by atoms with Crippen LogP contribution in [0.3, 0.4) is 0 Å². The summed E-state index contributed by atoms with van der Waals surface area (Å²) in [5.41, 5.74) is 9.30. The van der Waals surface area contributed by atoms with Crippen LogP contribution < -0.4 is 16.4 Å². The highest BCUT2D eigenvalue weighted by Crippen LogP contribution is 2.28. The Morgan fingerprint density at radius 3 is 1.94 bits per heavy atom. The predicted molar refractivity (Wildman–Crippen MR) is 177 cm³/mol. The molecule has 0 heterocycles. The smallest absolute Gasteiger partial charge is 0.479 e. The maximum Gasteiger partial charge on any atom is 0.490 e. The van der Waals surface area contributed by atoms with Gasteiger partial charge < -0.3 is 31.5 Å². The first-order valence-corrected chi connectivity index (χ1v) is 15.2. The van der Waals surface area contributed by atoms with Crippen LogP contribution in [0.4, 0.5) is 13.2 Å². The number of hydrogen-bond donors (Lipinski definition) is 5. The maximum absolute atomic E-state index is 13.6. The number of hydrogen-bond acceptors (Lipinski definition) is 6. The van der Waals surface area contributed by atoms with Gasteiger partial charge in [-0.15, -0.1) is 0 Å². The Labute approximate surface area is 285 Å². The molecule has 0 aliphatic rings. The third-order valence-corrected chi connectivity index (χ3v) is 7.06. The fourth-order valence-corrected chi connectivity index (χ4v) is 4.78. The van der Waals surface area contributed by atoms with Gasteiger partial charge in [-0.05, 0) is 39.9 Å². The van der Waals surface area contributed by atoms with Gasteiger partial charge in [0, 0.05) is 25.2 Å². The number of aliphatic carboxylic acids is 2. The molecule has 0 saturated carbocycles. The lowest BCUT2D eigenvalue weighted by Gasteiger charge is -2.30. The van der Waals surface area contributed by atoms with Crippen molar-refractivity contribution < 1.29 is 47.4 Å². The number of nitrogens with zero attached hydrogens (tertiary/aromatic N) is 1. The summed E-state index contributed by atoms with van der Waals surface area (Å²) < 4.78 is 31.7. The van der Waals surface area contributed by atoms with Crippen LogP contribution in [0.5, 0.6) is 0 Å². The molecular formula is C36H35F3N4O7. The summed E-state index contributed by atoms with van der Waals surface area (Å²) in [6.07, 6.45) is -4.99. The number of benzene rings is 4. The largest absolute Gasteiger partial charge is 0.490 e. The Hall–Kier alpha value is -6.02. The minimum absolute atomic E-state index is 0.0470. The van der Waals surface area contributed by atoms with E-state index in [2.05, 4.69) is 10.6 Å². The van der Waals surface area contributed by atoms with Gasteiger partial charge in [0.2, 0.25) is 11.8 Å². The molecule has 0 aromatic heterocycles. The van der Waals surface area contributed by atoms with Crippen LogP contribution >= 0.6 is 0 Å². The second kappa shape index (κ2) is 18.5. The molecule has 14 heteroatoms. The number of amides is 3. The molecular weight excluding hydrogens is 657 g/mol. The molecule has 0 bridgehead atoms. The molecule has 4 rings (SSSR count). The van der Waals surface area contributed by atoms with Crippen LogP contribution in [0, 0.1) is 0 Å². The fraction of sp³-hybridized carbons (Fsp3) is 0.194. The minimum Gasteiger partial charge on any atom is -0.479 e. The van der Waals surface area contributed by atoms with E-state index in [9.17, 15) is 37.5 Å². The molecule has 11 nitrogen and oxygen atoms in total. The Kier molecular flexibility index (Phi) is 14.2. The van der Waals surface area contributed by atoms with Crippen molar-refractivity contribution in [3.8, 4) is 11.1 Å². The van der Waals surface area contributed by atoms with Crippen molar-refractivity contribution in [1.29, 1.82) is 0 Å². The lowest BCUT2D eigenvalue weighted by Crippen LogP contribution is -2.44. The lowest BCUT2D eigenvalue weighted by molar-refractivity contribution is -0.192. The molecule has 1 atom stereocenters. The maximum atomic E-state index is 13.6. The SMILES string of the molecule is NCCNC(=O)c1ccccc1-c1cccc(CN(C(=O)CNC(=O)Cc2ccccc2)C(C(=O)O)c2ccccc2)c1.O=C(O)C(F)(F)F. The molecule has 4 aromatic carbocycles. The van der Waals surface area contributed by atoms with Crippen LogP contribution in [0.25, 0.3) is 11.1 Å². The number of alkyl halides is 3. The van der Waals surface area contributed by atoms with Crippen molar-refractivity contribution in [3.05, 3.63) is 131 Å². The molecule has 6 N–H and O–H groups in total. The Morgan fingerprint density at radius 1 is 0.760 bits per heavy atom. The van der Waals surface area contributed by atoms with E-state index in [4.69, 9.17) is 15.6 Å². The number of halogens is 3. The summed E-state index contributed by atoms with van der Waals surface area (Å²) in [5, 5.41) is 22.8. The van der Waals surface area contributed by atoms with Crippen molar-refractivity contribution in [3.63, 3.8) is 0 Å². The van der Waals surface area contributed by atoms with Crippen LogP contribution in [0.2, 0.25) is 0 Å². The summed E-state index contributed by atoms with van der Waals surface area (Å²) in [6.45, 7) is 0.231. The summed E-state index contributed by atoms with van der Waals surface area (Å²) in [5.74, 6) is -5.12. The molecule has 0 spiro atoms. The van der Waals surface area contributed by atoms with Gasteiger partial charge in [0.15, 0.2) is 6.04 Å². The molecule has 0 radical (unpaired) electrons. The minimum atomic E-state index is -5.08. The zero-order chi connectivity index (χ0) is 36.7. The van der Waals surface area contributed by atoms with Crippen molar-refractivity contribution in [2.45, 2.75) is 25.2 Å². The van der Waals surface area contributed by atoms with Gasteiger partial charge in [-0.25, -0.2) is 9.59 Å². The zero-order valence-electron chi connectivity index (χ0n) is 26.6. The normalized spacial score (nSPS) is 11.3. The van der Waals surface area contributed by atoms with E-state index >= 15 is 0 Å². The highest BCUT2D eigenvalue weighted by molar-refractivity contribution is 6.01. The molecule has 4 aromatic rings. The van der Waals surface area contributed by atoms with Gasteiger partial charge in [0.1, 0.15) is 0 Å². The average molecular weight is 693 g/mol. The van der Waals surface area contributed by atoms with Crippen LogP contribution in [0.1, 0.15) is 33.1 Å². The number of carbonyl (C=O) groups is 5. The molecule has 0 aliphatic carbocycles. The second-order valence-corrected chi connectivity index (χ2v) is 10.7. The molecule has 0 fully saturated rings. The highest BCUT2D eigenvalue weighted by Gasteiger charge is 2.38. The van der Waals surface area contributed by atoms with E-state index in [-0.39, 0.29) is 31.3 Å². The number of nitrogens with two attached hydrogens (primary N) is 1. The van der Waals surface area contributed by atoms with E-state index in [0.717, 1.165) is 11.1 Å². The second-order valence-electron chi connectivity index (χ2n) is 10.7. The summed E-state index contributed by atoms with van der Waals surface area (Å²) >= 11 is 0. The topological polar surface area (TPSA) is 179 Å². The number of nitrogens with one attached hydrogen (secondary N) is 2. The van der Waals surface area contributed by atoms with E-state index < -0.39 is 30.1 Å². The van der Waals surface area contributed by atoms with E-state index in [1.807, 2.05) is 54.6 Å². The highest BCUT2D eigenvalue weighted by atomic mass is 19.4. The van der Waals surface area contributed by atoms with E-state index in [1.165, 1.54) is 4.90 Å². The van der Waals surface area contributed by atoms with Crippen LogP contribution in [0.15, 0.2) is 109 Å². The standard InChI is InChI=1S/C34H34N4O5.C2HF3O2/c35-18-19-36-33(41)29-17-8-7-16-28(29)27-15-9-12-25(20-27)23-38(32(34(42)43)26-13-5-2-6-14-26)31(40)22-37-30(39)21-24-10-3-1-4-11-24;3-2(4,5)1(6)7/h1-17,20,32H,18-19,21-23,35H2,(H,36,41)(H,37,39)(H,42,43);(H,6,7). The quantitative estimate of drug-likeness (QED) is 0.138. The van der Waals surface area contributed by atoms with Gasteiger partial charge in [-0.2, -0.15) is 13.2 Å². The molecule has 1 unspecified atom stereocenters. The molecule has 0 aliphatic heterocycles. The average Bonchev–Trinajstić information content (AvgIpc) is 3.10. The number of carbonyl (C=O) groups excluding carboxylic acids is 3. The first-order chi connectivity index (χ1) is 23.8. The third-order valence-electron chi connectivity index (χ3n) is 7.06. The van der Waals surface area contributed by atoms with Crippen molar-refractivity contribution in [1.82, 2.24) is 15.5 Å². The third kappa shape index (κ3) is 11.6. The van der Waals surface area contributed by atoms with Crippen LogP contribution in [-0.4, -0.2) is 70.6 Å². The van der Waals surface area contributed by atoms with Gasteiger partial charge >= 0.3 is 18.1 Å². The Bertz CT molecular complexity index is 1770. The zero-order valence-corrected chi connectivity index (χ0v) is 26.6. The lowest BCUT2D eigenvalue weighted by atomic mass is 9.97. The van der Waals surface area contributed by atoms with Crippen molar-refractivity contribution >= 4 is 29.7 Å². The first kappa shape index (κ1) is 38.4. The van der Waals surface area contributed by atoms with Gasteiger partial charge in [-0.3, -0.25) is 14.4 Å². The summed E-state index contributed by atoms with van der Waals surface area (Å²) in [6, 6.07) is 30.7. The van der Waals surface area contributed by atoms with Gasteiger partial charge in [-0.1, -0.05) is 97.1 Å². The monoisotopic (exact) mass is 692 g/mol. The Morgan fingerprint density at radius 2 is 1.34 bits per heavy atom. The molecule has 3 amide bonds. The molecule has 50 heavy (non-hydrogen) atoms. The molecule has 262 valence electrons. The fourth-order valence-electron chi connectivity index (χ4n) is 4.78. The van der Waals surface area contributed by atoms with Crippen molar-refractivity contribution in [2.24, 2.45) is 5.73 Å². The Balaban J connectivity index is 0.000000872. The van der Waals surface area contributed by atoms with E-state index in [1.54, 1.807) is 54.6 Å². The van der Waals surface area contributed by atoms with Crippen LogP contribution in [-0.2, 0) is 32.1 Å². The summed E-state index contributed by atoms with van der Waals surface area (Å²) in [7, 11) is 0. The number of carboxylic acid groups (broad SMARTS) is 2. The number of rotatable bonds is 13. The predicted octanol–water partition coefficient (Wildman–Crippen LogP) is 4.19. The molecule has 0 saturated heterocycles. The van der Waals surface area contributed by atoms with Crippen molar-refractivity contribution in [2.75, 3.05) is 19.6 Å². The first-order valence-electron chi connectivity index (χ1n) is 15.2. The number of carboxylic acids is 2. The van der Waals surface area contributed by atoms with E-state index in [0.29, 0.717) is 35.3 Å². The summed E-state index contributed by atoms with van der Waals surface area (Å²) in [4.78, 5) is 61.7. The van der Waals surface area contributed by atoms with Gasteiger partial charge in [0.05, 0.1) is 13.0 Å².